The summed E-state index contributed by atoms with van der Waals surface area (Å²) >= 11 is 0. The van der Waals surface area contributed by atoms with Crippen molar-refractivity contribution < 1.29 is 5.11 Å². The molecule has 0 aliphatic heterocycles. The first kappa shape index (κ1) is 13.5. The molecule has 0 aromatic heterocycles. The third-order valence-electron chi connectivity index (χ3n) is 3.92. The van der Waals surface area contributed by atoms with Gasteiger partial charge in [-0.1, -0.05) is 37.3 Å². The molecule has 0 saturated heterocycles. The molecule has 2 rings (SSSR count). The molecule has 100 valence electrons. The Balaban J connectivity index is 2.11. The van der Waals surface area contributed by atoms with Gasteiger partial charge in [0.15, 0.2) is 0 Å². The Morgan fingerprint density at radius 1 is 1.33 bits per heavy atom. The topological polar surface area (TPSA) is 49.5 Å². The molecule has 1 atom stereocenters. The summed E-state index contributed by atoms with van der Waals surface area (Å²) in [6, 6.07) is 11.1. The van der Waals surface area contributed by atoms with Crippen molar-refractivity contribution in [2.45, 2.75) is 31.2 Å². The van der Waals surface area contributed by atoms with E-state index in [9.17, 15) is 5.11 Å². The lowest BCUT2D eigenvalue weighted by Crippen LogP contribution is -2.45. The summed E-state index contributed by atoms with van der Waals surface area (Å²) in [6.07, 6.45) is 2.52. The zero-order valence-corrected chi connectivity index (χ0v) is 11.2. The molecule has 0 bridgehead atoms. The number of aliphatic hydroxyl groups is 1. The van der Waals surface area contributed by atoms with Gasteiger partial charge in [-0.15, -0.1) is 0 Å². The summed E-state index contributed by atoms with van der Waals surface area (Å²) in [4.78, 5) is 2.39. The van der Waals surface area contributed by atoms with Crippen molar-refractivity contribution in [1.82, 2.24) is 4.90 Å². The number of hydrogen-bond acceptors (Lipinski definition) is 3. The number of benzene rings is 1. The van der Waals surface area contributed by atoms with Crippen molar-refractivity contribution in [3.8, 4) is 0 Å². The molecule has 1 aliphatic rings. The second-order valence-electron chi connectivity index (χ2n) is 5.56. The van der Waals surface area contributed by atoms with Crippen molar-refractivity contribution in [3.05, 3.63) is 35.9 Å². The van der Waals surface area contributed by atoms with Gasteiger partial charge in [-0.25, -0.2) is 0 Å². The smallest absolute Gasteiger partial charge is 0.0558 e. The van der Waals surface area contributed by atoms with Crippen molar-refractivity contribution in [2.75, 3.05) is 26.2 Å². The zero-order chi connectivity index (χ0) is 13.0. The minimum Gasteiger partial charge on any atom is -0.395 e. The van der Waals surface area contributed by atoms with Gasteiger partial charge in [-0.3, -0.25) is 4.90 Å². The number of nitrogens with two attached hydrogens (primary N) is 1. The van der Waals surface area contributed by atoms with E-state index in [0.29, 0.717) is 12.6 Å². The first-order valence-electron chi connectivity index (χ1n) is 6.80. The highest BCUT2D eigenvalue weighted by Crippen LogP contribution is 2.31. The third-order valence-corrected chi connectivity index (χ3v) is 3.92. The summed E-state index contributed by atoms with van der Waals surface area (Å²) in [7, 11) is 0. The number of hydrogen-bond donors (Lipinski definition) is 2. The minimum absolute atomic E-state index is 0.0288. The highest BCUT2D eigenvalue weighted by molar-refractivity contribution is 5.25. The fourth-order valence-electron chi connectivity index (χ4n) is 2.52. The number of aliphatic hydroxyl groups excluding tert-OH is 1. The molecule has 1 fully saturated rings. The molecule has 0 amide bonds. The monoisotopic (exact) mass is 248 g/mol. The van der Waals surface area contributed by atoms with E-state index >= 15 is 0 Å². The molecule has 1 aromatic rings. The van der Waals surface area contributed by atoms with Gasteiger partial charge in [0.1, 0.15) is 0 Å². The standard InChI is InChI=1S/C15H24N2O/c1-15(11-16,13-5-3-2-4-6-13)12-17(9-10-18)14-7-8-14/h2-6,14,18H,7-12,16H2,1H3. The molecule has 1 aliphatic carbocycles. The minimum atomic E-state index is -0.0288. The van der Waals surface area contributed by atoms with Crippen LogP contribution >= 0.6 is 0 Å². The molecule has 1 saturated carbocycles. The first-order valence-corrected chi connectivity index (χ1v) is 6.80. The zero-order valence-electron chi connectivity index (χ0n) is 11.2. The maximum absolute atomic E-state index is 9.18. The molecule has 18 heavy (non-hydrogen) atoms. The van der Waals surface area contributed by atoms with Crippen LogP contribution in [0.25, 0.3) is 0 Å². The molecular weight excluding hydrogens is 224 g/mol. The van der Waals surface area contributed by atoms with Crippen molar-refractivity contribution in [2.24, 2.45) is 5.73 Å². The summed E-state index contributed by atoms with van der Waals surface area (Å²) in [5.74, 6) is 0. The van der Waals surface area contributed by atoms with Gasteiger partial charge in [-0.2, -0.15) is 0 Å². The van der Waals surface area contributed by atoms with Crippen LogP contribution in [0, 0.1) is 0 Å². The van der Waals surface area contributed by atoms with E-state index < -0.39 is 0 Å². The Hall–Kier alpha value is -0.900. The van der Waals surface area contributed by atoms with Crippen LogP contribution in [0.4, 0.5) is 0 Å². The van der Waals surface area contributed by atoms with Crippen LogP contribution in [0.3, 0.4) is 0 Å². The molecule has 0 spiro atoms. The van der Waals surface area contributed by atoms with Crippen LogP contribution in [0.15, 0.2) is 30.3 Å². The third kappa shape index (κ3) is 3.10. The van der Waals surface area contributed by atoms with E-state index in [1.54, 1.807) is 0 Å². The Labute approximate surface area is 110 Å². The Kier molecular flexibility index (Phi) is 4.38. The van der Waals surface area contributed by atoms with Gasteiger partial charge in [0.05, 0.1) is 6.61 Å². The Morgan fingerprint density at radius 3 is 2.50 bits per heavy atom. The normalized spacial score (nSPS) is 18.9. The largest absolute Gasteiger partial charge is 0.395 e. The summed E-state index contributed by atoms with van der Waals surface area (Å²) in [5.41, 5.74) is 7.27. The molecule has 1 aromatic carbocycles. The fourth-order valence-corrected chi connectivity index (χ4v) is 2.52. The molecule has 0 radical (unpaired) electrons. The van der Waals surface area contributed by atoms with Crippen LogP contribution in [0.2, 0.25) is 0 Å². The van der Waals surface area contributed by atoms with Crippen molar-refractivity contribution in [3.63, 3.8) is 0 Å². The maximum Gasteiger partial charge on any atom is 0.0558 e. The van der Waals surface area contributed by atoms with Crippen LogP contribution < -0.4 is 5.73 Å². The van der Waals surface area contributed by atoms with E-state index in [1.807, 2.05) is 6.07 Å². The van der Waals surface area contributed by atoms with Gasteiger partial charge < -0.3 is 10.8 Å². The van der Waals surface area contributed by atoms with Gasteiger partial charge in [0, 0.05) is 31.1 Å². The Bertz CT molecular complexity index is 364. The second-order valence-corrected chi connectivity index (χ2v) is 5.56. The van der Waals surface area contributed by atoms with Crippen molar-refractivity contribution in [1.29, 1.82) is 0 Å². The molecular formula is C15H24N2O. The predicted molar refractivity (Wildman–Crippen MR) is 74.5 cm³/mol. The van der Waals surface area contributed by atoms with E-state index in [1.165, 1.54) is 18.4 Å². The molecule has 0 heterocycles. The van der Waals surface area contributed by atoms with Gasteiger partial charge in [0.2, 0.25) is 0 Å². The van der Waals surface area contributed by atoms with E-state index in [0.717, 1.165) is 13.1 Å². The molecule has 1 unspecified atom stereocenters. The highest BCUT2D eigenvalue weighted by atomic mass is 16.3. The predicted octanol–water partition coefficient (Wildman–Crippen LogP) is 1.36. The summed E-state index contributed by atoms with van der Waals surface area (Å²) in [6.45, 7) is 4.76. The fraction of sp³-hybridized carbons (Fsp3) is 0.600. The van der Waals surface area contributed by atoms with E-state index in [2.05, 4.69) is 36.1 Å². The second kappa shape index (κ2) is 5.83. The lowest BCUT2D eigenvalue weighted by atomic mass is 9.82. The number of nitrogens with zero attached hydrogens (tertiary/aromatic N) is 1. The van der Waals surface area contributed by atoms with Crippen LogP contribution in [-0.2, 0) is 5.41 Å². The van der Waals surface area contributed by atoms with Crippen molar-refractivity contribution >= 4 is 0 Å². The lowest BCUT2D eigenvalue weighted by Gasteiger charge is -2.35. The van der Waals surface area contributed by atoms with Crippen LogP contribution in [-0.4, -0.2) is 42.3 Å². The number of rotatable bonds is 7. The molecule has 3 nitrogen and oxygen atoms in total. The quantitative estimate of drug-likeness (QED) is 0.766. The van der Waals surface area contributed by atoms with Gasteiger partial charge in [-0.05, 0) is 18.4 Å². The average molecular weight is 248 g/mol. The molecule has 3 heteroatoms. The van der Waals surface area contributed by atoms with E-state index in [4.69, 9.17) is 5.73 Å². The maximum atomic E-state index is 9.18. The molecule has 3 N–H and O–H groups in total. The van der Waals surface area contributed by atoms with Gasteiger partial charge >= 0.3 is 0 Å². The lowest BCUT2D eigenvalue weighted by molar-refractivity contribution is 0.161. The van der Waals surface area contributed by atoms with Crippen LogP contribution in [0.1, 0.15) is 25.3 Å². The van der Waals surface area contributed by atoms with Gasteiger partial charge in [0.25, 0.3) is 0 Å². The average Bonchev–Trinajstić information content (AvgIpc) is 3.23. The van der Waals surface area contributed by atoms with Crippen LogP contribution in [0.5, 0.6) is 0 Å². The van der Waals surface area contributed by atoms with E-state index in [-0.39, 0.29) is 12.0 Å². The Morgan fingerprint density at radius 2 is 2.00 bits per heavy atom. The SMILES string of the molecule is CC(CN)(CN(CCO)C1CC1)c1ccccc1. The first-order chi connectivity index (χ1) is 8.69. The highest BCUT2D eigenvalue weighted by Gasteiger charge is 2.34. The summed E-state index contributed by atoms with van der Waals surface area (Å²) < 4.78 is 0. The summed E-state index contributed by atoms with van der Waals surface area (Å²) in [5, 5.41) is 9.18.